The van der Waals surface area contributed by atoms with Crippen LogP contribution >= 0.6 is 39.1 Å². The Morgan fingerprint density at radius 2 is 1.71 bits per heavy atom. The molecule has 0 bridgehead atoms. The van der Waals surface area contributed by atoms with Gasteiger partial charge >= 0.3 is 0 Å². The maximum atomic E-state index is 12.5. The number of hydrogen-bond acceptors (Lipinski definition) is 3. The van der Waals surface area contributed by atoms with Crippen molar-refractivity contribution >= 4 is 73.4 Å². The number of anilines is 3. The van der Waals surface area contributed by atoms with E-state index in [9.17, 15) is 4.79 Å². The lowest BCUT2D eigenvalue weighted by Gasteiger charge is -2.07. The number of aromatic amines is 1. The molecular formula is C20H13BrCl2N4O. The zero-order chi connectivity index (χ0) is 19.7. The third-order valence-electron chi connectivity index (χ3n) is 4.05. The molecule has 3 N–H and O–H groups in total. The molecule has 0 aliphatic carbocycles. The van der Waals surface area contributed by atoms with Crippen LogP contribution in [0, 0.1) is 0 Å². The number of halogens is 3. The molecule has 5 nitrogen and oxygen atoms in total. The molecule has 0 saturated heterocycles. The summed E-state index contributed by atoms with van der Waals surface area (Å²) in [4.78, 5) is 20.1. The Kier molecular flexibility index (Phi) is 5.26. The van der Waals surface area contributed by atoms with Gasteiger partial charge in [-0.3, -0.25) is 4.79 Å². The molecule has 1 aromatic heterocycles. The van der Waals surface area contributed by atoms with Crippen molar-refractivity contribution in [2.24, 2.45) is 0 Å². The Balaban J connectivity index is 1.57. The largest absolute Gasteiger partial charge is 0.324 e. The van der Waals surface area contributed by atoms with Crippen molar-refractivity contribution in [3.63, 3.8) is 0 Å². The molecule has 4 rings (SSSR count). The van der Waals surface area contributed by atoms with E-state index >= 15 is 0 Å². The van der Waals surface area contributed by atoms with E-state index < -0.39 is 0 Å². The van der Waals surface area contributed by atoms with Crippen molar-refractivity contribution in [1.29, 1.82) is 0 Å². The van der Waals surface area contributed by atoms with Crippen molar-refractivity contribution in [2.75, 3.05) is 10.6 Å². The highest BCUT2D eigenvalue weighted by molar-refractivity contribution is 9.10. The molecule has 0 radical (unpaired) electrons. The quantitative estimate of drug-likeness (QED) is 0.310. The maximum Gasteiger partial charge on any atom is 0.255 e. The van der Waals surface area contributed by atoms with E-state index in [0.717, 1.165) is 4.47 Å². The van der Waals surface area contributed by atoms with Crippen LogP contribution in [0.25, 0.3) is 11.0 Å². The smallest absolute Gasteiger partial charge is 0.255 e. The SMILES string of the molecule is O=C(Nc1ccc(Br)cc1)c1ccc2nc(Nc3c(Cl)cccc3Cl)[nH]c2c1. The van der Waals surface area contributed by atoms with Crippen LogP contribution in [0.5, 0.6) is 0 Å². The normalized spacial score (nSPS) is 10.8. The Labute approximate surface area is 179 Å². The molecule has 0 aliphatic heterocycles. The van der Waals surface area contributed by atoms with Crippen LogP contribution < -0.4 is 10.6 Å². The molecule has 0 spiro atoms. The van der Waals surface area contributed by atoms with Crippen molar-refractivity contribution in [3.05, 3.63) is 80.7 Å². The second kappa shape index (κ2) is 7.83. The van der Waals surface area contributed by atoms with Gasteiger partial charge in [0.25, 0.3) is 5.91 Å². The van der Waals surface area contributed by atoms with Crippen LogP contribution in [0.3, 0.4) is 0 Å². The molecule has 1 heterocycles. The van der Waals surface area contributed by atoms with E-state index in [1.54, 1.807) is 36.4 Å². The average Bonchev–Trinajstić information content (AvgIpc) is 3.08. The van der Waals surface area contributed by atoms with Gasteiger partial charge in [-0.15, -0.1) is 0 Å². The Morgan fingerprint density at radius 3 is 2.43 bits per heavy atom. The summed E-state index contributed by atoms with van der Waals surface area (Å²) in [7, 11) is 0. The molecule has 1 amide bonds. The summed E-state index contributed by atoms with van der Waals surface area (Å²) in [6.07, 6.45) is 0. The summed E-state index contributed by atoms with van der Waals surface area (Å²) in [5.41, 5.74) is 3.23. The number of imidazole rings is 1. The van der Waals surface area contributed by atoms with Gasteiger partial charge in [-0.2, -0.15) is 0 Å². The Hall–Kier alpha value is -2.54. The lowest BCUT2D eigenvalue weighted by molar-refractivity contribution is 0.102. The van der Waals surface area contributed by atoms with Crippen LogP contribution in [0.2, 0.25) is 10.0 Å². The molecule has 0 aliphatic rings. The number of fused-ring (bicyclic) bond motifs is 1. The highest BCUT2D eigenvalue weighted by Gasteiger charge is 2.12. The Morgan fingerprint density at radius 1 is 1.00 bits per heavy atom. The highest BCUT2D eigenvalue weighted by atomic mass is 79.9. The van der Waals surface area contributed by atoms with E-state index in [2.05, 4.69) is 36.5 Å². The number of hydrogen-bond donors (Lipinski definition) is 3. The zero-order valence-electron chi connectivity index (χ0n) is 14.3. The van der Waals surface area contributed by atoms with E-state index in [0.29, 0.717) is 44.0 Å². The Bertz CT molecular complexity index is 1150. The molecular weight excluding hydrogens is 463 g/mol. The molecule has 8 heteroatoms. The zero-order valence-corrected chi connectivity index (χ0v) is 17.4. The summed E-state index contributed by atoms with van der Waals surface area (Å²) >= 11 is 15.7. The highest BCUT2D eigenvalue weighted by Crippen LogP contribution is 2.32. The monoisotopic (exact) mass is 474 g/mol. The van der Waals surface area contributed by atoms with Crippen molar-refractivity contribution < 1.29 is 4.79 Å². The standard InChI is InChI=1S/C20H13BrCl2N4O/c21-12-5-7-13(8-6-12)24-19(28)11-4-9-16-17(10-11)26-20(25-16)27-18-14(22)2-1-3-15(18)23/h1-10H,(H,24,28)(H2,25,26,27). The maximum absolute atomic E-state index is 12.5. The fourth-order valence-corrected chi connectivity index (χ4v) is 3.44. The third kappa shape index (κ3) is 3.99. The predicted molar refractivity (Wildman–Crippen MR) is 118 cm³/mol. The first kappa shape index (κ1) is 18.8. The second-order valence-electron chi connectivity index (χ2n) is 6.00. The number of nitrogens with zero attached hydrogens (tertiary/aromatic N) is 1. The minimum absolute atomic E-state index is 0.206. The summed E-state index contributed by atoms with van der Waals surface area (Å²) in [5.74, 6) is 0.276. The van der Waals surface area contributed by atoms with Crippen molar-refractivity contribution in [2.45, 2.75) is 0 Å². The molecule has 4 aromatic rings. The average molecular weight is 476 g/mol. The first-order valence-electron chi connectivity index (χ1n) is 8.27. The predicted octanol–water partition coefficient (Wildman–Crippen LogP) is 6.63. The summed E-state index contributed by atoms with van der Waals surface area (Å²) in [6.45, 7) is 0. The summed E-state index contributed by atoms with van der Waals surface area (Å²) in [6, 6.07) is 17.9. The molecule has 0 saturated carbocycles. The van der Waals surface area contributed by atoms with E-state index in [1.165, 1.54) is 0 Å². The lowest BCUT2D eigenvalue weighted by atomic mass is 10.2. The van der Waals surface area contributed by atoms with E-state index in [4.69, 9.17) is 23.2 Å². The minimum Gasteiger partial charge on any atom is -0.324 e. The summed E-state index contributed by atoms with van der Waals surface area (Å²) in [5, 5.41) is 6.93. The molecule has 0 fully saturated rings. The van der Waals surface area contributed by atoms with Gasteiger partial charge in [-0.1, -0.05) is 45.2 Å². The molecule has 3 aromatic carbocycles. The van der Waals surface area contributed by atoms with E-state index in [-0.39, 0.29) is 5.91 Å². The number of carbonyl (C=O) groups is 1. The number of amides is 1. The topological polar surface area (TPSA) is 69.8 Å². The van der Waals surface area contributed by atoms with Gasteiger partial charge in [-0.25, -0.2) is 4.98 Å². The van der Waals surface area contributed by atoms with Crippen LogP contribution in [0.1, 0.15) is 10.4 Å². The van der Waals surface area contributed by atoms with Gasteiger partial charge < -0.3 is 15.6 Å². The van der Waals surface area contributed by atoms with Crippen LogP contribution in [0.4, 0.5) is 17.3 Å². The number of aromatic nitrogens is 2. The number of para-hydroxylation sites is 1. The summed E-state index contributed by atoms with van der Waals surface area (Å²) < 4.78 is 0.947. The fourth-order valence-electron chi connectivity index (χ4n) is 2.68. The first-order chi connectivity index (χ1) is 13.5. The molecule has 0 atom stereocenters. The first-order valence-corrected chi connectivity index (χ1v) is 9.82. The van der Waals surface area contributed by atoms with Gasteiger partial charge in [-0.05, 0) is 54.6 Å². The van der Waals surface area contributed by atoms with Gasteiger partial charge in [0, 0.05) is 15.7 Å². The third-order valence-corrected chi connectivity index (χ3v) is 5.21. The molecule has 28 heavy (non-hydrogen) atoms. The fraction of sp³-hybridized carbons (Fsp3) is 0. The van der Waals surface area contributed by atoms with Gasteiger partial charge in [0.1, 0.15) is 0 Å². The van der Waals surface area contributed by atoms with Crippen LogP contribution in [0.15, 0.2) is 65.1 Å². The number of carbonyl (C=O) groups excluding carboxylic acids is 1. The second-order valence-corrected chi connectivity index (χ2v) is 7.73. The number of benzene rings is 3. The van der Waals surface area contributed by atoms with Crippen LogP contribution in [-0.2, 0) is 0 Å². The molecule has 0 unspecified atom stereocenters. The lowest BCUT2D eigenvalue weighted by Crippen LogP contribution is -2.11. The minimum atomic E-state index is -0.206. The number of H-pyrrole nitrogens is 1. The number of rotatable bonds is 4. The molecule has 140 valence electrons. The van der Waals surface area contributed by atoms with Gasteiger partial charge in [0.15, 0.2) is 0 Å². The van der Waals surface area contributed by atoms with Crippen molar-refractivity contribution in [3.8, 4) is 0 Å². The van der Waals surface area contributed by atoms with Gasteiger partial charge in [0.05, 0.1) is 26.8 Å². The number of nitrogens with one attached hydrogen (secondary N) is 3. The van der Waals surface area contributed by atoms with Gasteiger partial charge in [0.2, 0.25) is 5.95 Å². The van der Waals surface area contributed by atoms with Crippen molar-refractivity contribution in [1.82, 2.24) is 9.97 Å². The van der Waals surface area contributed by atoms with Crippen LogP contribution in [-0.4, -0.2) is 15.9 Å². The van der Waals surface area contributed by atoms with E-state index in [1.807, 2.05) is 24.3 Å².